The van der Waals surface area contributed by atoms with Gasteiger partial charge in [0.05, 0.1) is 0 Å². The lowest BCUT2D eigenvalue weighted by Crippen LogP contribution is -2.37. The minimum atomic E-state index is 0.0234. The summed E-state index contributed by atoms with van der Waals surface area (Å²) in [5.41, 5.74) is 1.96. The van der Waals surface area contributed by atoms with Crippen LogP contribution < -0.4 is 4.90 Å². The van der Waals surface area contributed by atoms with Crippen molar-refractivity contribution in [2.75, 3.05) is 18.0 Å². The van der Waals surface area contributed by atoms with E-state index in [1.807, 2.05) is 34.1 Å². The second-order valence-electron chi connectivity index (χ2n) is 8.80. The Balaban J connectivity index is 1.87. The molecule has 0 saturated heterocycles. The van der Waals surface area contributed by atoms with Gasteiger partial charge >= 0.3 is 0 Å². The molecule has 0 spiro atoms. The third-order valence-corrected chi connectivity index (χ3v) is 5.70. The molecular weight excluding hydrogens is 390 g/mol. The van der Waals surface area contributed by atoms with Crippen molar-refractivity contribution in [1.82, 2.24) is 19.7 Å². The topological polar surface area (TPSA) is 71.3 Å². The Morgan fingerprint density at radius 1 is 0.968 bits per heavy atom. The van der Waals surface area contributed by atoms with Gasteiger partial charge in [-0.25, -0.2) is 9.67 Å². The Morgan fingerprint density at radius 3 is 2.39 bits per heavy atom. The third kappa shape index (κ3) is 6.91. The zero-order valence-corrected chi connectivity index (χ0v) is 18.9. The Labute approximate surface area is 185 Å². The van der Waals surface area contributed by atoms with Crippen LogP contribution in [-0.4, -0.2) is 44.6 Å². The van der Waals surface area contributed by atoms with E-state index in [9.17, 15) is 9.59 Å². The van der Waals surface area contributed by atoms with Crippen LogP contribution in [0.4, 0.5) is 5.69 Å². The number of aromatic nitrogens is 3. The fourth-order valence-corrected chi connectivity index (χ4v) is 4.08. The zero-order valence-electron chi connectivity index (χ0n) is 18.9. The van der Waals surface area contributed by atoms with Crippen molar-refractivity contribution in [3.63, 3.8) is 0 Å². The van der Waals surface area contributed by atoms with Crippen LogP contribution in [0.2, 0.25) is 0 Å². The number of hydrogen-bond acceptors (Lipinski definition) is 4. The quantitative estimate of drug-likeness (QED) is 0.741. The van der Waals surface area contributed by atoms with Crippen molar-refractivity contribution >= 4 is 17.5 Å². The van der Waals surface area contributed by atoms with Crippen LogP contribution in [0.5, 0.6) is 0 Å². The summed E-state index contributed by atoms with van der Waals surface area (Å²) in [6.07, 6.45) is 10.1. The zero-order chi connectivity index (χ0) is 22.1. The summed E-state index contributed by atoms with van der Waals surface area (Å²) in [5.74, 6) is 0.498. The molecule has 7 nitrogen and oxygen atoms in total. The summed E-state index contributed by atoms with van der Waals surface area (Å²) in [4.78, 5) is 34.0. The van der Waals surface area contributed by atoms with Gasteiger partial charge in [0.25, 0.3) is 0 Å². The molecule has 0 atom stereocenters. The molecule has 0 unspecified atom stereocenters. The number of rotatable bonds is 4. The number of hydrogen-bond donors (Lipinski definition) is 0. The van der Waals surface area contributed by atoms with Gasteiger partial charge in [-0.3, -0.25) is 9.59 Å². The van der Waals surface area contributed by atoms with Crippen LogP contribution in [0.15, 0.2) is 36.9 Å². The highest BCUT2D eigenvalue weighted by molar-refractivity contribution is 5.94. The first kappa shape index (κ1) is 23.0. The Kier molecular flexibility index (Phi) is 8.62. The van der Waals surface area contributed by atoms with Gasteiger partial charge in [-0.15, -0.1) is 0 Å². The summed E-state index contributed by atoms with van der Waals surface area (Å²) < 4.78 is 1.56. The molecule has 2 aromatic rings. The lowest BCUT2D eigenvalue weighted by atomic mass is 10.1. The van der Waals surface area contributed by atoms with Crippen LogP contribution in [0, 0.1) is 5.92 Å². The van der Waals surface area contributed by atoms with E-state index in [-0.39, 0.29) is 18.4 Å². The number of carbonyl (C=O) groups is 2. The fraction of sp³-hybridized carbons (Fsp3) is 0.583. The molecule has 0 fully saturated rings. The molecule has 2 amide bonds. The summed E-state index contributed by atoms with van der Waals surface area (Å²) >= 11 is 0. The molecule has 2 heterocycles. The number of carbonyl (C=O) groups excluding carboxylic acids is 2. The molecule has 1 aromatic heterocycles. The molecule has 3 rings (SSSR count). The predicted molar refractivity (Wildman–Crippen MR) is 121 cm³/mol. The number of anilines is 1. The number of amides is 2. The Morgan fingerprint density at radius 2 is 1.68 bits per heavy atom. The molecule has 168 valence electrons. The average Bonchev–Trinajstić information content (AvgIpc) is 3.24. The van der Waals surface area contributed by atoms with Gasteiger partial charge in [-0.1, -0.05) is 57.7 Å². The van der Waals surface area contributed by atoms with Gasteiger partial charge in [0.15, 0.2) is 0 Å². The van der Waals surface area contributed by atoms with E-state index in [4.69, 9.17) is 0 Å². The first-order valence-corrected chi connectivity index (χ1v) is 11.5. The highest BCUT2D eigenvalue weighted by atomic mass is 16.2. The van der Waals surface area contributed by atoms with E-state index in [1.165, 1.54) is 12.7 Å². The lowest BCUT2D eigenvalue weighted by Gasteiger charge is -2.29. The van der Waals surface area contributed by atoms with Crippen LogP contribution in [-0.2, 0) is 22.7 Å². The molecule has 0 radical (unpaired) electrons. The minimum Gasteiger partial charge on any atom is -0.337 e. The second-order valence-corrected chi connectivity index (χ2v) is 8.80. The molecule has 7 heteroatoms. The van der Waals surface area contributed by atoms with E-state index in [0.717, 1.165) is 49.9 Å². The van der Waals surface area contributed by atoms with Gasteiger partial charge in [-0.05, 0) is 30.4 Å². The normalized spacial score (nSPS) is 16.2. The van der Waals surface area contributed by atoms with E-state index in [0.29, 0.717) is 25.4 Å². The standard InChI is InChI=1S/C24H35N5O2/c1-20(2)15-23(30)29-14-10-6-4-3-5-9-13-27(16-21-11-7-8-12-22(21)29)24(31)17-28-19-25-18-26-28/h7-8,11-12,18-20H,3-6,9-10,13-17H2,1-2H3. The van der Waals surface area contributed by atoms with Crippen molar-refractivity contribution in [3.05, 3.63) is 42.5 Å². The molecule has 0 aliphatic carbocycles. The predicted octanol–water partition coefficient (Wildman–Crippen LogP) is 4.04. The van der Waals surface area contributed by atoms with E-state index < -0.39 is 0 Å². The Hall–Kier alpha value is -2.70. The highest BCUT2D eigenvalue weighted by Crippen LogP contribution is 2.25. The summed E-state index contributed by atoms with van der Waals surface area (Å²) in [7, 11) is 0. The van der Waals surface area contributed by atoms with Gasteiger partial charge in [-0.2, -0.15) is 5.10 Å². The van der Waals surface area contributed by atoms with Crippen LogP contribution in [0.1, 0.15) is 64.4 Å². The molecule has 1 aliphatic heterocycles. The summed E-state index contributed by atoms with van der Waals surface area (Å²) in [6, 6.07) is 8.03. The van der Waals surface area contributed by atoms with Gasteiger partial charge in [0, 0.05) is 31.7 Å². The van der Waals surface area contributed by atoms with Gasteiger partial charge in [0.1, 0.15) is 19.2 Å². The van der Waals surface area contributed by atoms with Crippen molar-refractivity contribution in [1.29, 1.82) is 0 Å². The molecule has 1 aromatic carbocycles. The average molecular weight is 426 g/mol. The lowest BCUT2D eigenvalue weighted by molar-refractivity contribution is -0.132. The number of nitrogens with zero attached hydrogens (tertiary/aromatic N) is 5. The maximum absolute atomic E-state index is 13.1. The van der Waals surface area contributed by atoms with Gasteiger partial charge < -0.3 is 9.80 Å². The molecule has 0 saturated carbocycles. The minimum absolute atomic E-state index is 0.0234. The maximum Gasteiger partial charge on any atom is 0.244 e. The molecule has 0 N–H and O–H groups in total. The van der Waals surface area contributed by atoms with Crippen LogP contribution >= 0.6 is 0 Å². The maximum atomic E-state index is 13.1. The second kappa shape index (κ2) is 11.6. The molecule has 31 heavy (non-hydrogen) atoms. The highest BCUT2D eigenvalue weighted by Gasteiger charge is 2.22. The number of para-hydroxylation sites is 1. The summed E-state index contributed by atoms with van der Waals surface area (Å²) in [6.45, 7) is 6.27. The van der Waals surface area contributed by atoms with Crippen molar-refractivity contribution in [2.45, 2.75) is 71.9 Å². The summed E-state index contributed by atoms with van der Waals surface area (Å²) in [5, 5.41) is 4.08. The van der Waals surface area contributed by atoms with Crippen molar-refractivity contribution < 1.29 is 9.59 Å². The monoisotopic (exact) mass is 425 g/mol. The van der Waals surface area contributed by atoms with Crippen LogP contribution in [0.25, 0.3) is 0 Å². The van der Waals surface area contributed by atoms with Crippen molar-refractivity contribution in [2.24, 2.45) is 5.92 Å². The number of fused-ring (bicyclic) bond motifs is 1. The van der Waals surface area contributed by atoms with E-state index >= 15 is 0 Å². The van der Waals surface area contributed by atoms with E-state index in [1.54, 1.807) is 11.0 Å². The van der Waals surface area contributed by atoms with Gasteiger partial charge in [0.2, 0.25) is 11.8 Å². The first-order chi connectivity index (χ1) is 15.0. The molecular formula is C24H35N5O2. The van der Waals surface area contributed by atoms with Crippen LogP contribution in [0.3, 0.4) is 0 Å². The Bertz CT molecular complexity index is 834. The van der Waals surface area contributed by atoms with Crippen molar-refractivity contribution in [3.8, 4) is 0 Å². The SMILES string of the molecule is CC(C)CC(=O)N1CCCCCCCCN(C(=O)Cn2cncn2)Cc2ccccc21. The molecule has 0 bridgehead atoms. The fourth-order valence-electron chi connectivity index (χ4n) is 4.08. The largest absolute Gasteiger partial charge is 0.337 e. The molecule has 1 aliphatic rings. The first-order valence-electron chi connectivity index (χ1n) is 11.5. The van der Waals surface area contributed by atoms with E-state index in [2.05, 4.69) is 23.9 Å². The third-order valence-electron chi connectivity index (χ3n) is 5.70. The smallest absolute Gasteiger partial charge is 0.244 e. The number of benzene rings is 1.